The second kappa shape index (κ2) is 6.61. The van der Waals surface area contributed by atoms with Gasteiger partial charge in [-0.25, -0.2) is 4.98 Å². The number of alkyl halides is 3. The van der Waals surface area contributed by atoms with E-state index in [2.05, 4.69) is 20.4 Å². The van der Waals surface area contributed by atoms with Crippen LogP contribution in [0.25, 0.3) is 21.3 Å². The van der Waals surface area contributed by atoms with Gasteiger partial charge in [0.25, 0.3) is 0 Å². The zero-order valence-corrected chi connectivity index (χ0v) is 14.6. The molecule has 4 rings (SSSR count). The Labute approximate surface area is 153 Å². The summed E-state index contributed by atoms with van der Waals surface area (Å²) in [5, 5.41) is 16.8. The van der Waals surface area contributed by atoms with E-state index in [1.807, 2.05) is 22.9 Å². The number of nitrogens with zero attached hydrogens (tertiary/aromatic N) is 5. The van der Waals surface area contributed by atoms with Gasteiger partial charge in [-0.3, -0.25) is 0 Å². The molecular formula is C16H10F3N5S2. The van der Waals surface area contributed by atoms with Crippen molar-refractivity contribution in [2.24, 2.45) is 0 Å². The molecule has 10 heteroatoms. The van der Waals surface area contributed by atoms with E-state index in [1.54, 1.807) is 0 Å². The third-order valence-corrected chi connectivity index (χ3v) is 5.31. The molecule has 0 radical (unpaired) electrons. The van der Waals surface area contributed by atoms with Crippen molar-refractivity contribution in [3.05, 3.63) is 58.4 Å². The van der Waals surface area contributed by atoms with Crippen LogP contribution >= 0.6 is 22.7 Å². The number of benzene rings is 1. The summed E-state index contributed by atoms with van der Waals surface area (Å²) < 4.78 is 37.9. The van der Waals surface area contributed by atoms with Gasteiger partial charge in [-0.15, -0.1) is 32.9 Å². The molecule has 0 saturated heterocycles. The normalized spacial score (nSPS) is 11.8. The number of hydrogen-bond donors (Lipinski definition) is 0. The SMILES string of the molecule is FC(F)(F)c1ccc(-c2nc(Cn3nnc(-c4cccs4)n3)cs2)cc1. The van der Waals surface area contributed by atoms with Crippen LogP contribution in [-0.4, -0.2) is 25.2 Å². The van der Waals surface area contributed by atoms with Crippen molar-refractivity contribution in [3.8, 4) is 21.3 Å². The number of thiazole rings is 1. The summed E-state index contributed by atoms with van der Waals surface area (Å²) in [4.78, 5) is 6.83. The molecule has 4 aromatic rings. The molecule has 0 spiro atoms. The van der Waals surface area contributed by atoms with E-state index in [-0.39, 0.29) is 0 Å². The van der Waals surface area contributed by atoms with Crippen LogP contribution in [0.1, 0.15) is 11.3 Å². The van der Waals surface area contributed by atoms with E-state index < -0.39 is 11.7 Å². The fraction of sp³-hybridized carbons (Fsp3) is 0.125. The monoisotopic (exact) mass is 393 g/mol. The minimum Gasteiger partial charge on any atom is -0.239 e. The Bertz CT molecular complexity index is 1000. The molecule has 132 valence electrons. The molecule has 0 aliphatic carbocycles. The summed E-state index contributed by atoms with van der Waals surface area (Å²) in [6.45, 7) is 0.343. The topological polar surface area (TPSA) is 56.5 Å². The Morgan fingerprint density at radius 3 is 2.54 bits per heavy atom. The average molecular weight is 393 g/mol. The summed E-state index contributed by atoms with van der Waals surface area (Å²) in [5.41, 5.74) is 0.686. The Kier molecular flexibility index (Phi) is 4.29. The van der Waals surface area contributed by atoms with Gasteiger partial charge in [-0.1, -0.05) is 18.2 Å². The lowest BCUT2D eigenvalue weighted by Gasteiger charge is -2.06. The van der Waals surface area contributed by atoms with E-state index in [1.165, 1.54) is 39.6 Å². The third-order valence-electron chi connectivity index (χ3n) is 3.51. The molecule has 1 aromatic carbocycles. The fourth-order valence-electron chi connectivity index (χ4n) is 2.27. The molecule has 0 unspecified atom stereocenters. The molecule has 0 bridgehead atoms. The summed E-state index contributed by atoms with van der Waals surface area (Å²) >= 11 is 2.89. The van der Waals surface area contributed by atoms with Crippen LogP contribution in [0.15, 0.2) is 47.2 Å². The highest BCUT2D eigenvalue weighted by atomic mass is 32.1. The minimum atomic E-state index is -4.34. The smallest absolute Gasteiger partial charge is 0.239 e. The largest absolute Gasteiger partial charge is 0.416 e. The van der Waals surface area contributed by atoms with Crippen molar-refractivity contribution in [2.75, 3.05) is 0 Å². The zero-order valence-electron chi connectivity index (χ0n) is 13.0. The first-order valence-corrected chi connectivity index (χ1v) is 9.19. The highest BCUT2D eigenvalue weighted by molar-refractivity contribution is 7.13. The van der Waals surface area contributed by atoms with Crippen molar-refractivity contribution in [1.29, 1.82) is 0 Å². The molecule has 5 nitrogen and oxygen atoms in total. The maximum Gasteiger partial charge on any atom is 0.416 e. The van der Waals surface area contributed by atoms with Crippen molar-refractivity contribution in [1.82, 2.24) is 25.2 Å². The van der Waals surface area contributed by atoms with Crippen LogP contribution in [0.4, 0.5) is 13.2 Å². The number of aromatic nitrogens is 5. The van der Waals surface area contributed by atoms with Crippen LogP contribution in [0.3, 0.4) is 0 Å². The zero-order chi connectivity index (χ0) is 18.1. The summed E-state index contributed by atoms with van der Waals surface area (Å²) in [7, 11) is 0. The molecule has 26 heavy (non-hydrogen) atoms. The predicted molar refractivity (Wildman–Crippen MR) is 92.8 cm³/mol. The molecule has 0 aliphatic rings. The molecule has 0 aliphatic heterocycles. The van der Waals surface area contributed by atoms with Crippen molar-refractivity contribution < 1.29 is 13.2 Å². The molecule has 0 amide bonds. The lowest BCUT2D eigenvalue weighted by Crippen LogP contribution is -2.04. The van der Waals surface area contributed by atoms with E-state index >= 15 is 0 Å². The van der Waals surface area contributed by atoms with Crippen LogP contribution in [0.5, 0.6) is 0 Å². The van der Waals surface area contributed by atoms with Gasteiger partial charge >= 0.3 is 6.18 Å². The summed E-state index contributed by atoms with van der Waals surface area (Å²) in [5.74, 6) is 0.554. The number of hydrogen-bond acceptors (Lipinski definition) is 6. The summed E-state index contributed by atoms with van der Waals surface area (Å²) in [6.07, 6.45) is -4.34. The van der Waals surface area contributed by atoms with Crippen LogP contribution in [0, 0.1) is 0 Å². The van der Waals surface area contributed by atoms with E-state index in [0.717, 1.165) is 22.7 Å². The summed E-state index contributed by atoms with van der Waals surface area (Å²) in [6, 6.07) is 8.79. The van der Waals surface area contributed by atoms with Crippen LogP contribution in [0.2, 0.25) is 0 Å². The van der Waals surface area contributed by atoms with Gasteiger partial charge in [-0.2, -0.15) is 18.0 Å². The second-order valence-corrected chi connectivity index (χ2v) is 7.15. The van der Waals surface area contributed by atoms with Gasteiger partial charge in [0, 0.05) is 10.9 Å². The fourth-order valence-corrected chi connectivity index (χ4v) is 3.74. The molecule has 3 heterocycles. The van der Waals surface area contributed by atoms with Crippen molar-refractivity contribution in [2.45, 2.75) is 12.7 Å². The number of thiophene rings is 1. The molecule has 3 aromatic heterocycles. The number of halogens is 3. The lowest BCUT2D eigenvalue weighted by molar-refractivity contribution is -0.137. The van der Waals surface area contributed by atoms with Crippen LogP contribution in [-0.2, 0) is 12.7 Å². The second-order valence-electron chi connectivity index (χ2n) is 5.34. The van der Waals surface area contributed by atoms with Crippen LogP contribution < -0.4 is 0 Å². The third kappa shape index (κ3) is 3.51. The van der Waals surface area contributed by atoms with Crippen molar-refractivity contribution >= 4 is 22.7 Å². The Morgan fingerprint density at radius 1 is 1.04 bits per heavy atom. The Hall–Kier alpha value is -2.59. The molecule has 0 fully saturated rings. The molecule has 0 atom stereocenters. The first kappa shape index (κ1) is 16.9. The standard InChI is InChI=1S/C16H10F3N5S2/c17-16(18,19)11-5-3-10(4-6-11)15-20-12(9-26-15)8-24-22-14(21-23-24)13-2-1-7-25-13/h1-7,9H,8H2. The van der Waals surface area contributed by atoms with Gasteiger partial charge in [0.15, 0.2) is 0 Å². The average Bonchev–Trinajstić information content (AvgIpc) is 3.36. The lowest BCUT2D eigenvalue weighted by atomic mass is 10.1. The first-order valence-electron chi connectivity index (χ1n) is 7.43. The molecule has 0 N–H and O–H groups in total. The maximum absolute atomic E-state index is 12.6. The van der Waals surface area contributed by atoms with Gasteiger partial charge in [0.2, 0.25) is 5.82 Å². The van der Waals surface area contributed by atoms with Gasteiger partial charge < -0.3 is 0 Å². The number of rotatable bonds is 4. The van der Waals surface area contributed by atoms with Gasteiger partial charge in [0.05, 0.1) is 16.1 Å². The Morgan fingerprint density at radius 2 is 1.85 bits per heavy atom. The minimum absolute atomic E-state index is 0.343. The molecular weight excluding hydrogens is 383 g/mol. The first-order chi connectivity index (χ1) is 12.5. The highest BCUT2D eigenvalue weighted by Gasteiger charge is 2.30. The van der Waals surface area contributed by atoms with Crippen molar-refractivity contribution in [3.63, 3.8) is 0 Å². The quantitative estimate of drug-likeness (QED) is 0.509. The van der Waals surface area contributed by atoms with Gasteiger partial charge in [-0.05, 0) is 28.8 Å². The van der Waals surface area contributed by atoms with Gasteiger partial charge in [0.1, 0.15) is 11.6 Å². The van der Waals surface area contributed by atoms with E-state index in [0.29, 0.717) is 22.9 Å². The Balaban J connectivity index is 1.50. The highest BCUT2D eigenvalue weighted by Crippen LogP contribution is 2.31. The predicted octanol–water partition coefficient (Wildman–Crippen LogP) is 4.59. The van der Waals surface area contributed by atoms with E-state index in [9.17, 15) is 13.2 Å². The van der Waals surface area contributed by atoms with E-state index in [4.69, 9.17) is 0 Å². The maximum atomic E-state index is 12.6. The number of tetrazole rings is 1. The molecule has 0 saturated carbocycles.